The lowest BCUT2D eigenvalue weighted by atomic mass is 9.84. The third-order valence-corrected chi connectivity index (χ3v) is 4.80. The summed E-state index contributed by atoms with van der Waals surface area (Å²) in [5, 5.41) is 0. The molecule has 0 aliphatic rings. The average molecular weight is 632 g/mol. The van der Waals surface area contributed by atoms with Gasteiger partial charge in [-0.2, -0.15) is 92.2 Å². The van der Waals surface area contributed by atoms with Gasteiger partial charge in [0.2, 0.25) is 0 Å². The van der Waals surface area contributed by atoms with Gasteiger partial charge in [-0.15, -0.1) is 0 Å². The summed E-state index contributed by atoms with van der Waals surface area (Å²) in [6.07, 6.45) is -7.91. The van der Waals surface area contributed by atoms with Crippen LogP contribution in [0.1, 0.15) is 6.92 Å². The van der Waals surface area contributed by atoms with Gasteiger partial charge < -0.3 is 4.74 Å². The van der Waals surface area contributed by atoms with Crippen molar-refractivity contribution in [1.82, 2.24) is 0 Å². The van der Waals surface area contributed by atoms with Gasteiger partial charge in [-0.25, -0.2) is 4.79 Å². The first-order valence-electron chi connectivity index (χ1n) is 8.89. The Balaban J connectivity index is 6.96. The Kier molecular flexibility index (Phi) is 9.12. The van der Waals surface area contributed by atoms with Gasteiger partial charge in [-0.1, -0.05) is 13.5 Å². The fraction of sp³-hybridized carbons (Fsp3) is 0.812. The molecule has 0 aromatic rings. The molecule has 0 saturated carbocycles. The summed E-state index contributed by atoms with van der Waals surface area (Å²) in [5.74, 6) is -83.0. The lowest BCUT2D eigenvalue weighted by molar-refractivity contribution is -0.475. The van der Waals surface area contributed by atoms with Gasteiger partial charge in [-0.05, 0) is 0 Å². The van der Waals surface area contributed by atoms with E-state index in [0.717, 1.165) is 0 Å². The fourth-order valence-electron chi connectivity index (χ4n) is 2.25. The summed E-state index contributed by atoms with van der Waals surface area (Å²) < 4.78 is 283. The van der Waals surface area contributed by atoms with Crippen LogP contribution in [0.5, 0.6) is 0 Å². The first-order valence-corrected chi connectivity index (χ1v) is 8.89. The van der Waals surface area contributed by atoms with E-state index in [2.05, 4.69) is 11.3 Å². The Bertz CT molecular complexity index is 915. The first-order chi connectivity index (χ1) is 16.6. The molecular formula is C16H9F21O2. The zero-order valence-corrected chi connectivity index (χ0v) is 17.8. The number of hydrogen-bond donors (Lipinski definition) is 0. The van der Waals surface area contributed by atoms with Crippen LogP contribution in [0.3, 0.4) is 0 Å². The molecule has 0 saturated heterocycles. The second-order valence-corrected chi connectivity index (χ2v) is 7.45. The predicted octanol–water partition coefficient (Wildman–Crippen LogP) is 7.63. The number of halogens is 21. The van der Waals surface area contributed by atoms with Gasteiger partial charge in [0.05, 0.1) is 5.92 Å². The number of rotatable bonds is 12. The molecule has 0 rings (SSSR count). The molecule has 0 aromatic carbocycles. The minimum absolute atomic E-state index is 0.118. The van der Waals surface area contributed by atoms with E-state index in [1.807, 2.05) is 0 Å². The summed E-state index contributed by atoms with van der Waals surface area (Å²) in [4.78, 5) is 10.7. The second kappa shape index (κ2) is 9.68. The van der Waals surface area contributed by atoms with Gasteiger partial charge in [0, 0.05) is 6.08 Å². The smallest absolute Gasteiger partial charge is 0.460 e. The molecule has 0 fully saturated rings. The number of ether oxygens (including phenoxy) is 1. The van der Waals surface area contributed by atoms with E-state index in [-0.39, 0.29) is 13.0 Å². The van der Waals surface area contributed by atoms with Gasteiger partial charge in [0.25, 0.3) is 0 Å². The minimum Gasteiger partial charge on any atom is -0.462 e. The molecule has 39 heavy (non-hydrogen) atoms. The number of alkyl halides is 21. The van der Waals surface area contributed by atoms with Crippen LogP contribution in [0, 0.1) is 5.92 Å². The summed E-state index contributed by atoms with van der Waals surface area (Å²) in [6, 6.07) is 0. The lowest BCUT2D eigenvalue weighted by Gasteiger charge is -2.45. The highest BCUT2D eigenvalue weighted by Crippen LogP contribution is 2.66. The Morgan fingerprint density at radius 1 is 0.564 bits per heavy atom. The van der Waals surface area contributed by atoms with Crippen molar-refractivity contribution < 1.29 is 102 Å². The molecule has 0 aromatic heterocycles. The van der Waals surface area contributed by atoms with Crippen molar-refractivity contribution in [3.8, 4) is 0 Å². The van der Waals surface area contributed by atoms with E-state index < -0.39 is 78.0 Å². The molecule has 232 valence electrons. The Morgan fingerprint density at radius 2 is 0.821 bits per heavy atom. The highest BCUT2D eigenvalue weighted by Gasteiger charge is 2.98. The van der Waals surface area contributed by atoms with Gasteiger partial charge in [-0.3, -0.25) is 0 Å². The van der Waals surface area contributed by atoms with E-state index in [9.17, 15) is 97.0 Å². The molecule has 0 spiro atoms. The first kappa shape index (κ1) is 36.7. The van der Waals surface area contributed by atoms with E-state index >= 15 is 0 Å². The maximum absolute atomic E-state index is 13.9. The molecule has 0 aliphatic carbocycles. The molecule has 0 heterocycles. The van der Waals surface area contributed by atoms with Crippen molar-refractivity contribution in [3.63, 3.8) is 0 Å². The van der Waals surface area contributed by atoms with Crippen LogP contribution in [0.2, 0.25) is 0 Å². The molecule has 23 heteroatoms. The summed E-state index contributed by atoms with van der Waals surface area (Å²) in [5.41, 5.74) is 0. The highest BCUT2D eigenvalue weighted by molar-refractivity contribution is 5.81. The van der Waals surface area contributed by atoms with Crippen LogP contribution in [0.25, 0.3) is 0 Å². The minimum atomic E-state index is -9.22. The van der Waals surface area contributed by atoms with Crippen LogP contribution in [-0.2, 0) is 9.53 Å². The van der Waals surface area contributed by atoms with E-state index in [1.54, 1.807) is 0 Å². The lowest BCUT2D eigenvalue weighted by Crippen LogP contribution is -2.77. The predicted molar refractivity (Wildman–Crippen MR) is 80.9 cm³/mol. The summed E-state index contributed by atoms with van der Waals surface area (Å²) in [7, 11) is 0. The molecular weight excluding hydrogens is 623 g/mol. The van der Waals surface area contributed by atoms with Crippen molar-refractivity contribution in [2.45, 2.75) is 66.4 Å². The molecule has 0 N–H and O–H groups in total. The molecule has 1 unspecified atom stereocenters. The largest absolute Gasteiger partial charge is 0.462 e. The number of hydrogen-bond acceptors (Lipinski definition) is 2. The fourth-order valence-corrected chi connectivity index (χ4v) is 2.25. The molecule has 0 radical (unpaired) electrons. The van der Waals surface area contributed by atoms with Crippen LogP contribution in [0.4, 0.5) is 92.2 Å². The topological polar surface area (TPSA) is 26.3 Å². The van der Waals surface area contributed by atoms with Gasteiger partial charge in [0.1, 0.15) is 6.61 Å². The monoisotopic (exact) mass is 632 g/mol. The van der Waals surface area contributed by atoms with Crippen LogP contribution < -0.4 is 0 Å². The Labute approximate surface area is 200 Å². The van der Waals surface area contributed by atoms with Crippen molar-refractivity contribution in [2.75, 3.05) is 6.61 Å². The van der Waals surface area contributed by atoms with Gasteiger partial charge in [0.15, 0.2) is 0 Å². The van der Waals surface area contributed by atoms with Crippen LogP contribution >= 0.6 is 0 Å². The van der Waals surface area contributed by atoms with Crippen molar-refractivity contribution in [1.29, 1.82) is 0 Å². The molecule has 1 atom stereocenters. The third kappa shape index (κ3) is 4.83. The van der Waals surface area contributed by atoms with Crippen molar-refractivity contribution in [3.05, 3.63) is 12.7 Å². The highest BCUT2D eigenvalue weighted by atomic mass is 19.4. The normalized spacial score (nSPS) is 16.7. The van der Waals surface area contributed by atoms with Crippen LogP contribution in [0.15, 0.2) is 12.7 Å². The van der Waals surface area contributed by atoms with Crippen molar-refractivity contribution >= 4 is 5.97 Å². The maximum atomic E-state index is 13.9. The zero-order chi connectivity index (χ0) is 32.3. The Morgan fingerprint density at radius 3 is 1.08 bits per heavy atom. The molecule has 0 aliphatic heterocycles. The molecule has 2 nitrogen and oxygen atoms in total. The Hall–Kier alpha value is -2.26. The van der Waals surface area contributed by atoms with E-state index in [1.165, 1.54) is 0 Å². The summed E-state index contributed by atoms with van der Waals surface area (Å²) >= 11 is 0. The second-order valence-electron chi connectivity index (χ2n) is 7.45. The number of esters is 1. The number of carbonyl (C=O) groups excluding carboxylic acids is 1. The maximum Gasteiger partial charge on any atom is 0.460 e. The molecule has 0 bridgehead atoms. The van der Waals surface area contributed by atoms with Crippen LogP contribution in [-0.4, -0.2) is 72.1 Å². The zero-order valence-electron chi connectivity index (χ0n) is 17.8. The SMILES string of the molecule is C=CC(=O)OCC(C)C(F)(F)C(F)(F)C(F)(F)C(F)(F)C(F)(F)C(F)(F)C(F)(F)C(F)(F)C(F)(F)C(F)(F)F. The quantitative estimate of drug-likeness (QED) is 0.126. The van der Waals surface area contributed by atoms with Crippen molar-refractivity contribution in [2.24, 2.45) is 5.92 Å². The third-order valence-electron chi connectivity index (χ3n) is 4.80. The average Bonchev–Trinajstić information content (AvgIpc) is 2.74. The molecule has 0 amide bonds. The van der Waals surface area contributed by atoms with E-state index in [4.69, 9.17) is 0 Å². The number of carbonyl (C=O) groups is 1. The van der Waals surface area contributed by atoms with Gasteiger partial charge >= 0.3 is 65.4 Å². The summed E-state index contributed by atoms with van der Waals surface area (Å²) in [6.45, 7) is 0.140. The standard InChI is InChI=1S/C16H9F21O2/c1-3-6(38)39-4-5(2)7(17,18)8(19,20)9(21,22)10(23,24)11(25,26)12(27,28)13(29,30)14(31,32)15(33,34)16(35,36)37/h3,5H,1,4H2,2H3. The van der Waals surface area contributed by atoms with E-state index in [0.29, 0.717) is 0 Å².